The lowest BCUT2D eigenvalue weighted by molar-refractivity contribution is -0.139. The predicted octanol–water partition coefficient (Wildman–Crippen LogP) is 2.76. The molecule has 114 valence electrons. The minimum Gasteiger partial charge on any atom is -0.481 e. The molecule has 1 aromatic rings. The summed E-state index contributed by atoms with van der Waals surface area (Å²) in [5, 5.41) is 22.3. The molecule has 1 aromatic carbocycles. The largest absolute Gasteiger partial charge is 0.481 e. The fourth-order valence-corrected chi connectivity index (χ4v) is 2.93. The highest BCUT2D eigenvalue weighted by atomic mass is 35.5. The molecule has 0 aromatic heterocycles. The zero-order chi connectivity index (χ0) is 15.8. The molecule has 0 bridgehead atoms. The summed E-state index contributed by atoms with van der Waals surface area (Å²) < 4.78 is 0. The smallest absolute Gasteiger partial charge is 0.303 e. The summed E-state index contributed by atoms with van der Waals surface area (Å²) in [6, 6.07) is 3.35. The molecular formula is C15H18ClNO4. The standard InChI is InChI=1S/C15H18ClNO4/c1-15(2,7-14(20)21)6-12(18)9-3-8-4-13(19)17-11(8)5-10(9)16/h3,5,12,18H,4,6-7H2,1-2H3,(H,17,19)(H,20,21). The molecule has 0 saturated heterocycles. The maximum atomic E-state index is 11.4. The van der Waals surface area contributed by atoms with Crippen LogP contribution in [0, 0.1) is 5.41 Å². The Balaban J connectivity index is 2.20. The Morgan fingerprint density at radius 3 is 2.76 bits per heavy atom. The van der Waals surface area contributed by atoms with Crippen molar-refractivity contribution in [3.63, 3.8) is 0 Å². The molecule has 0 fully saturated rings. The Morgan fingerprint density at radius 1 is 1.48 bits per heavy atom. The number of hydrogen-bond acceptors (Lipinski definition) is 3. The summed E-state index contributed by atoms with van der Waals surface area (Å²) in [5.74, 6) is -0.999. The molecule has 3 N–H and O–H groups in total. The van der Waals surface area contributed by atoms with E-state index < -0.39 is 17.5 Å². The molecule has 2 rings (SSSR count). The number of aliphatic carboxylic acids is 1. The number of hydrogen-bond donors (Lipinski definition) is 3. The molecule has 21 heavy (non-hydrogen) atoms. The van der Waals surface area contributed by atoms with Crippen molar-refractivity contribution in [1.82, 2.24) is 0 Å². The average molecular weight is 312 g/mol. The van der Waals surface area contributed by atoms with Crippen molar-refractivity contribution >= 4 is 29.2 Å². The van der Waals surface area contributed by atoms with Gasteiger partial charge in [0.25, 0.3) is 0 Å². The van der Waals surface area contributed by atoms with Crippen LogP contribution in [0.2, 0.25) is 5.02 Å². The van der Waals surface area contributed by atoms with Crippen LogP contribution in [0.15, 0.2) is 12.1 Å². The number of carboxylic acid groups (broad SMARTS) is 1. The van der Waals surface area contributed by atoms with Crippen molar-refractivity contribution in [1.29, 1.82) is 0 Å². The molecule has 1 amide bonds. The highest BCUT2D eigenvalue weighted by Crippen LogP contribution is 2.38. The maximum absolute atomic E-state index is 11.4. The lowest BCUT2D eigenvalue weighted by Gasteiger charge is -2.26. The molecule has 5 nitrogen and oxygen atoms in total. The first-order valence-corrected chi connectivity index (χ1v) is 7.08. The molecule has 1 heterocycles. The van der Waals surface area contributed by atoms with Crippen molar-refractivity contribution in [2.45, 2.75) is 39.2 Å². The third-order valence-corrected chi connectivity index (χ3v) is 3.91. The van der Waals surface area contributed by atoms with Crippen molar-refractivity contribution in [3.05, 3.63) is 28.3 Å². The van der Waals surface area contributed by atoms with E-state index in [2.05, 4.69) is 5.32 Å². The average Bonchev–Trinajstić information content (AvgIpc) is 2.64. The number of carboxylic acids is 1. The van der Waals surface area contributed by atoms with E-state index in [0.717, 1.165) is 5.56 Å². The molecular weight excluding hydrogens is 294 g/mol. The molecule has 1 unspecified atom stereocenters. The van der Waals surface area contributed by atoms with Crippen LogP contribution in [0.4, 0.5) is 5.69 Å². The molecule has 0 radical (unpaired) electrons. The topological polar surface area (TPSA) is 86.6 Å². The van der Waals surface area contributed by atoms with E-state index in [9.17, 15) is 14.7 Å². The predicted molar refractivity (Wildman–Crippen MR) is 79.4 cm³/mol. The van der Waals surface area contributed by atoms with Gasteiger partial charge < -0.3 is 15.5 Å². The van der Waals surface area contributed by atoms with Crippen LogP contribution in [0.5, 0.6) is 0 Å². The Labute approximate surface area is 127 Å². The number of halogens is 1. The number of nitrogens with one attached hydrogen (secondary N) is 1. The van der Waals surface area contributed by atoms with Crippen LogP contribution in [0.1, 0.15) is 43.9 Å². The number of fused-ring (bicyclic) bond motifs is 1. The first kappa shape index (κ1) is 15.8. The fraction of sp³-hybridized carbons (Fsp3) is 0.467. The van der Waals surface area contributed by atoms with E-state index in [1.54, 1.807) is 26.0 Å². The van der Waals surface area contributed by atoms with Crippen molar-refractivity contribution in [3.8, 4) is 0 Å². The second-order valence-corrected chi connectivity index (χ2v) is 6.62. The number of rotatable bonds is 5. The van der Waals surface area contributed by atoms with Crippen LogP contribution in [0.3, 0.4) is 0 Å². The Bertz CT molecular complexity index is 598. The van der Waals surface area contributed by atoms with Crippen LogP contribution in [0.25, 0.3) is 0 Å². The quantitative estimate of drug-likeness (QED) is 0.780. The van der Waals surface area contributed by atoms with E-state index in [0.29, 0.717) is 16.3 Å². The minimum absolute atomic E-state index is 0.0351. The van der Waals surface area contributed by atoms with E-state index in [1.807, 2.05) is 0 Å². The second-order valence-electron chi connectivity index (χ2n) is 6.21. The van der Waals surface area contributed by atoms with Gasteiger partial charge in [-0.25, -0.2) is 0 Å². The third-order valence-electron chi connectivity index (χ3n) is 3.58. The van der Waals surface area contributed by atoms with Gasteiger partial charge in [0.2, 0.25) is 5.91 Å². The van der Waals surface area contributed by atoms with Crippen molar-refractivity contribution < 1.29 is 19.8 Å². The van der Waals surface area contributed by atoms with Gasteiger partial charge in [-0.15, -0.1) is 0 Å². The highest BCUT2D eigenvalue weighted by Gasteiger charge is 2.28. The number of aliphatic hydroxyl groups is 1. The number of benzene rings is 1. The van der Waals surface area contributed by atoms with Gasteiger partial charge in [0.05, 0.1) is 18.9 Å². The van der Waals surface area contributed by atoms with Gasteiger partial charge in [0.15, 0.2) is 0 Å². The number of amides is 1. The second kappa shape index (κ2) is 5.66. The summed E-state index contributed by atoms with van der Waals surface area (Å²) in [5.41, 5.74) is 1.45. The highest BCUT2D eigenvalue weighted by molar-refractivity contribution is 6.32. The van der Waals surface area contributed by atoms with Gasteiger partial charge in [0, 0.05) is 10.7 Å². The third kappa shape index (κ3) is 3.74. The van der Waals surface area contributed by atoms with Crippen LogP contribution >= 0.6 is 11.6 Å². The maximum Gasteiger partial charge on any atom is 0.303 e. The summed E-state index contributed by atoms with van der Waals surface area (Å²) in [6.45, 7) is 3.58. The normalized spacial score (nSPS) is 15.5. The fourth-order valence-electron chi connectivity index (χ4n) is 2.64. The number of anilines is 1. The summed E-state index contributed by atoms with van der Waals surface area (Å²) >= 11 is 6.16. The van der Waals surface area contributed by atoms with Gasteiger partial charge >= 0.3 is 5.97 Å². The van der Waals surface area contributed by atoms with Crippen molar-refractivity contribution in [2.75, 3.05) is 5.32 Å². The van der Waals surface area contributed by atoms with Crippen LogP contribution in [-0.2, 0) is 16.0 Å². The zero-order valence-corrected chi connectivity index (χ0v) is 12.7. The van der Waals surface area contributed by atoms with E-state index in [1.165, 1.54) is 0 Å². The SMILES string of the molecule is CC(C)(CC(=O)O)CC(O)c1cc2c(cc1Cl)NC(=O)C2. The lowest BCUT2D eigenvalue weighted by Crippen LogP contribution is -2.20. The van der Waals surface area contributed by atoms with Crippen LogP contribution in [-0.4, -0.2) is 22.1 Å². The first-order valence-electron chi connectivity index (χ1n) is 6.70. The van der Waals surface area contributed by atoms with Gasteiger partial charge in [-0.1, -0.05) is 25.4 Å². The molecule has 6 heteroatoms. The minimum atomic E-state index is -0.901. The number of carbonyl (C=O) groups excluding carboxylic acids is 1. The van der Waals surface area contributed by atoms with Gasteiger partial charge in [0.1, 0.15) is 0 Å². The van der Waals surface area contributed by atoms with E-state index >= 15 is 0 Å². The van der Waals surface area contributed by atoms with Crippen molar-refractivity contribution in [2.24, 2.45) is 5.41 Å². The first-order chi connectivity index (χ1) is 9.68. The molecule has 1 aliphatic rings. The molecule has 0 spiro atoms. The summed E-state index contributed by atoms with van der Waals surface area (Å²) in [6.07, 6.45) is -0.357. The van der Waals surface area contributed by atoms with Gasteiger partial charge in [-0.2, -0.15) is 0 Å². The lowest BCUT2D eigenvalue weighted by atomic mass is 9.81. The zero-order valence-electron chi connectivity index (χ0n) is 11.9. The summed E-state index contributed by atoms with van der Waals surface area (Å²) in [4.78, 5) is 22.2. The van der Waals surface area contributed by atoms with E-state index in [-0.39, 0.29) is 25.2 Å². The molecule has 0 saturated carbocycles. The Kier molecular flexibility index (Phi) is 4.25. The summed E-state index contributed by atoms with van der Waals surface area (Å²) in [7, 11) is 0. The molecule has 1 atom stereocenters. The Hall–Kier alpha value is -1.59. The van der Waals surface area contributed by atoms with Gasteiger partial charge in [-0.3, -0.25) is 9.59 Å². The van der Waals surface area contributed by atoms with Gasteiger partial charge in [-0.05, 0) is 35.1 Å². The number of carbonyl (C=O) groups is 2. The van der Waals surface area contributed by atoms with E-state index in [4.69, 9.17) is 16.7 Å². The monoisotopic (exact) mass is 311 g/mol. The molecule has 1 aliphatic heterocycles. The molecule has 0 aliphatic carbocycles. The number of aliphatic hydroxyl groups excluding tert-OH is 1. The Morgan fingerprint density at radius 2 is 2.14 bits per heavy atom. The van der Waals surface area contributed by atoms with Crippen LogP contribution < -0.4 is 5.32 Å².